The van der Waals surface area contributed by atoms with Gasteiger partial charge in [0.15, 0.2) is 0 Å². The van der Waals surface area contributed by atoms with Gasteiger partial charge in [0, 0.05) is 36.6 Å². The van der Waals surface area contributed by atoms with Crippen molar-refractivity contribution in [2.24, 2.45) is 0 Å². The zero-order valence-corrected chi connectivity index (χ0v) is 23.1. The Balaban J connectivity index is 1.56. The van der Waals surface area contributed by atoms with Crippen LogP contribution in [0.1, 0.15) is 79.0 Å². The van der Waals surface area contributed by atoms with Gasteiger partial charge in [-0.25, -0.2) is 0 Å². The number of nitrogens with zero attached hydrogens (tertiary/aromatic N) is 3. The van der Waals surface area contributed by atoms with Gasteiger partial charge in [-0.2, -0.15) is 13.2 Å². The van der Waals surface area contributed by atoms with Crippen molar-refractivity contribution >= 4 is 11.8 Å². The molecule has 2 amide bonds. The Kier molecular flexibility index (Phi) is 10.1. The molecule has 8 heteroatoms. The molecule has 0 N–H and O–H groups in total. The monoisotopic (exact) mass is 553 g/mol. The maximum absolute atomic E-state index is 13.9. The second kappa shape index (κ2) is 13.7. The van der Waals surface area contributed by atoms with Crippen molar-refractivity contribution in [1.82, 2.24) is 14.4 Å². The number of amides is 2. The van der Waals surface area contributed by atoms with Crippen molar-refractivity contribution in [3.8, 4) is 0 Å². The standard InChI is InChI=1S/C32H38F3N3O2/c1-2-3-19-37(31(40)26-14-10-15-27(21-26)32(33,34)35)24-30(39)38(28-16-8-5-9-17-28)23-29-18-11-20-36(29)22-25-12-6-4-7-13-25/h4,6-7,10-15,18,20-21,28H,2-3,5,8-9,16-17,19,22-24H2,1H3. The lowest BCUT2D eigenvalue weighted by atomic mass is 9.94. The van der Waals surface area contributed by atoms with Gasteiger partial charge in [-0.1, -0.05) is 69.0 Å². The summed E-state index contributed by atoms with van der Waals surface area (Å²) in [5, 5.41) is 0. The van der Waals surface area contributed by atoms with Crippen LogP contribution in [-0.2, 0) is 24.1 Å². The lowest BCUT2D eigenvalue weighted by Crippen LogP contribution is -2.47. The molecule has 0 spiro atoms. The summed E-state index contributed by atoms with van der Waals surface area (Å²) in [6, 6.07) is 18.6. The summed E-state index contributed by atoms with van der Waals surface area (Å²) < 4.78 is 42.1. The van der Waals surface area contributed by atoms with Gasteiger partial charge in [0.2, 0.25) is 5.91 Å². The SMILES string of the molecule is CCCCN(CC(=O)N(Cc1cccn1Cc1ccccc1)C1CCCCC1)C(=O)c1cccc(C(F)(F)F)c1. The fourth-order valence-corrected chi connectivity index (χ4v) is 5.38. The van der Waals surface area contributed by atoms with Gasteiger partial charge in [-0.05, 0) is 55.2 Å². The molecule has 2 aromatic carbocycles. The van der Waals surface area contributed by atoms with Crippen LogP contribution in [0, 0.1) is 0 Å². The summed E-state index contributed by atoms with van der Waals surface area (Å²) in [6.07, 6.45) is 3.94. The Morgan fingerprint density at radius 2 is 1.70 bits per heavy atom. The Labute approximate surface area is 234 Å². The first kappa shape index (κ1) is 29.4. The van der Waals surface area contributed by atoms with Crippen LogP contribution in [0.2, 0.25) is 0 Å². The molecule has 0 aliphatic heterocycles. The highest BCUT2D eigenvalue weighted by molar-refractivity contribution is 5.96. The number of halogens is 3. The number of unbranched alkanes of at least 4 members (excludes halogenated alkanes) is 1. The summed E-state index contributed by atoms with van der Waals surface area (Å²) >= 11 is 0. The maximum Gasteiger partial charge on any atom is 0.416 e. The third-order valence-corrected chi connectivity index (χ3v) is 7.62. The lowest BCUT2D eigenvalue weighted by molar-refractivity contribution is -0.138. The Morgan fingerprint density at radius 3 is 2.40 bits per heavy atom. The maximum atomic E-state index is 13.9. The van der Waals surface area contributed by atoms with Gasteiger partial charge < -0.3 is 14.4 Å². The quantitative estimate of drug-likeness (QED) is 0.253. The van der Waals surface area contributed by atoms with E-state index in [1.165, 1.54) is 17.0 Å². The topological polar surface area (TPSA) is 45.6 Å². The Bertz CT molecular complexity index is 1250. The van der Waals surface area contributed by atoms with Crippen LogP contribution < -0.4 is 0 Å². The first-order valence-electron chi connectivity index (χ1n) is 14.2. The molecule has 1 aliphatic rings. The third-order valence-electron chi connectivity index (χ3n) is 7.62. The van der Waals surface area contributed by atoms with Crippen molar-refractivity contribution in [3.05, 3.63) is 95.3 Å². The number of carbonyl (C=O) groups excluding carboxylic acids is 2. The van der Waals surface area contributed by atoms with Crippen LogP contribution in [0.15, 0.2) is 72.9 Å². The van der Waals surface area contributed by atoms with E-state index in [4.69, 9.17) is 0 Å². The normalized spacial score (nSPS) is 14.2. The summed E-state index contributed by atoms with van der Waals surface area (Å²) in [5.41, 5.74) is 1.24. The second-order valence-corrected chi connectivity index (χ2v) is 10.6. The highest BCUT2D eigenvalue weighted by atomic mass is 19.4. The molecule has 5 nitrogen and oxygen atoms in total. The van der Waals surface area contributed by atoms with E-state index < -0.39 is 17.6 Å². The van der Waals surface area contributed by atoms with Crippen LogP contribution in [0.5, 0.6) is 0 Å². The predicted molar refractivity (Wildman–Crippen MR) is 150 cm³/mol. The molecule has 1 fully saturated rings. The smallest absolute Gasteiger partial charge is 0.345 e. The van der Waals surface area contributed by atoms with Crippen molar-refractivity contribution in [3.63, 3.8) is 0 Å². The average Bonchev–Trinajstić information content (AvgIpc) is 3.40. The minimum absolute atomic E-state index is 0.0559. The number of hydrogen-bond donors (Lipinski definition) is 0. The van der Waals surface area contributed by atoms with E-state index in [1.807, 2.05) is 48.4 Å². The molecule has 0 radical (unpaired) electrons. The summed E-state index contributed by atoms with van der Waals surface area (Å²) in [4.78, 5) is 30.7. The van der Waals surface area contributed by atoms with Crippen LogP contribution in [0.3, 0.4) is 0 Å². The Hall–Kier alpha value is -3.55. The molecule has 4 rings (SSSR count). The highest BCUT2D eigenvalue weighted by Gasteiger charge is 2.32. The number of hydrogen-bond acceptors (Lipinski definition) is 2. The number of carbonyl (C=O) groups is 2. The van der Waals surface area contributed by atoms with Crippen molar-refractivity contribution < 1.29 is 22.8 Å². The fourth-order valence-electron chi connectivity index (χ4n) is 5.38. The van der Waals surface area contributed by atoms with Gasteiger partial charge in [0.1, 0.15) is 6.54 Å². The molecular weight excluding hydrogens is 515 g/mol. The average molecular weight is 554 g/mol. The van der Waals surface area contributed by atoms with Crippen molar-refractivity contribution in [2.45, 2.75) is 77.2 Å². The van der Waals surface area contributed by atoms with E-state index in [9.17, 15) is 22.8 Å². The molecule has 0 bridgehead atoms. The van der Waals surface area contributed by atoms with E-state index in [1.54, 1.807) is 0 Å². The second-order valence-electron chi connectivity index (χ2n) is 10.6. The summed E-state index contributed by atoms with van der Waals surface area (Å²) in [5.74, 6) is -0.722. The molecule has 3 aromatic rings. The van der Waals surface area contributed by atoms with Gasteiger partial charge in [-0.15, -0.1) is 0 Å². The van der Waals surface area contributed by atoms with E-state index in [-0.39, 0.29) is 24.1 Å². The molecule has 0 saturated heterocycles. The summed E-state index contributed by atoms with van der Waals surface area (Å²) in [7, 11) is 0. The van der Waals surface area contributed by atoms with Crippen LogP contribution in [0.4, 0.5) is 13.2 Å². The van der Waals surface area contributed by atoms with E-state index >= 15 is 0 Å². The van der Waals surface area contributed by atoms with Crippen molar-refractivity contribution in [1.29, 1.82) is 0 Å². The largest absolute Gasteiger partial charge is 0.416 e. The molecule has 0 atom stereocenters. The van der Waals surface area contributed by atoms with Crippen LogP contribution in [-0.4, -0.2) is 45.3 Å². The van der Waals surface area contributed by atoms with E-state index in [0.717, 1.165) is 61.9 Å². The number of alkyl halides is 3. The van der Waals surface area contributed by atoms with Gasteiger partial charge in [-0.3, -0.25) is 9.59 Å². The van der Waals surface area contributed by atoms with Gasteiger partial charge in [0.25, 0.3) is 5.91 Å². The van der Waals surface area contributed by atoms with Crippen molar-refractivity contribution in [2.75, 3.05) is 13.1 Å². The zero-order chi connectivity index (χ0) is 28.5. The number of rotatable bonds is 11. The first-order valence-corrected chi connectivity index (χ1v) is 14.2. The third kappa shape index (κ3) is 7.77. The molecule has 1 aromatic heterocycles. The molecule has 1 saturated carbocycles. The first-order chi connectivity index (χ1) is 19.3. The van der Waals surface area contributed by atoms with Gasteiger partial charge >= 0.3 is 6.18 Å². The molecule has 0 unspecified atom stereocenters. The molecule has 40 heavy (non-hydrogen) atoms. The minimum Gasteiger partial charge on any atom is -0.345 e. The minimum atomic E-state index is -4.55. The van der Waals surface area contributed by atoms with E-state index in [2.05, 4.69) is 16.7 Å². The molecule has 1 heterocycles. The highest BCUT2D eigenvalue weighted by Crippen LogP contribution is 2.30. The number of aromatic nitrogens is 1. The zero-order valence-electron chi connectivity index (χ0n) is 23.1. The molecular formula is C32H38F3N3O2. The lowest BCUT2D eigenvalue weighted by Gasteiger charge is -2.36. The number of benzene rings is 2. The summed E-state index contributed by atoms with van der Waals surface area (Å²) in [6.45, 7) is 3.23. The van der Waals surface area contributed by atoms with Gasteiger partial charge in [0.05, 0.1) is 12.1 Å². The predicted octanol–water partition coefficient (Wildman–Crippen LogP) is 7.16. The van der Waals surface area contributed by atoms with Crippen LogP contribution >= 0.6 is 0 Å². The molecule has 214 valence electrons. The molecule has 1 aliphatic carbocycles. The fraction of sp³-hybridized carbons (Fsp3) is 0.438. The van der Waals surface area contributed by atoms with Crippen LogP contribution in [0.25, 0.3) is 0 Å². The Morgan fingerprint density at radius 1 is 0.950 bits per heavy atom. The van der Waals surface area contributed by atoms with E-state index in [0.29, 0.717) is 26.1 Å².